The number of nitrogens with one attached hydrogen (secondary N) is 1. The molecular formula is C19H19N3O3S. The van der Waals surface area contributed by atoms with Gasteiger partial charge in [0.1, 0.15) is 12.3 Å². The van der Waals surface area contributed by atoms with Crippen LogP contribution in [0.5, 0.6) is 5.75 Å². The highest BCUT2D eigenvalue weighted by Gasteiger charge is 2.11. The van der Waals surface area contributed by atoms with E-state index in [0.29, 0.717) is 11.6 Å². The van der Waals surface area contributed by atoms with E-state index in [4.69, 9.17) is 21.4 Å². The lowest BCUT2D eigenvalue weighted by atomic mass is 10.1. The fraction of sp³-hybridized carbons (Fsp3) is 0.211. The van der Waals surface area contributed by atoms with Crippen LogP contribution in [0.15, 0.2) is 52.9 Å². The second kappa shape index (κ2) is 7.97. The number of ether oxygens (including phenoxy) is 1. The molecule has 0 unspecified atom stereocenters. The van der Waals surface area contributed by atoms with Gasteiger partial charge in [0.25, 0.3) is 10.7 Å². The summed E-state index contributed by atoms with van der Waals surface area (Å²) in [5, 5.41) is 7.06. The normalized spacial score (nSPS) is 10.5. The van der Waals surface area contributed by atoms with Gasteiger partial charge in [-0.05, 0) is 49.8 Å². The number of aromatic nitrogens is 2. The summed E-state index contributed by atoms with van der Waals surface area (Å²) in [7, 11) is 0. The molecule has 0 fully saturated rings. The third kappa shape index (κ3) is 4.58. The fourth-order valence-corrected chi connectivity index (χ4v) is 2.65. The van der Waals surface area contributed by atoms with E-state index in [1.807, 2.05) is 62.4 Å². The Kier molecular flexibility index (Phi) is 5.48. The Hall–Kier alpha value is -2.93. The number of aryl methyl sites for hydroxylation is 2. The Bertz CT molecular complexity index is 964. The highest BCUT2D eigenvalue weighted by molar-refractivity contribution is 7.71. The summed E-state index contributed by atoms with van der Waals surface area (Å²) in [6.45, 7) is 4.07. The molecule has 7 heteroatoms. The molecule has 3 aromatic rings. The molecule has 3 rings (SSSR count). The Labute approximate surface area is 156 Å². The third-order valence-electron chi connectivity index (χ3n) is 3.70. The van der Waals surface area contributed by atoms with Crippen LogP contribution < -0.4 is 10.1 Å². The van der Waals surface area contributed by atoms with Crippen molar-refractivity contribution in [2.45, 2.75) is 27.0 Å². The van der Waals surface area contributed by atoms with Gasteiger partial charge in [0.15, 0.2) is 6.61 Å². The van der Waals surface area contributed by atoms with Gasteiger partial charge in [0, 0.05) is 5.69 Å². The Morgan fingerprint density at radius 2 is 2.00 bits per heavy atom. The number of nitrogens with zero attached hydrogens (tertiary/aromatic N) is 2. The number of benzene rings is 2. The van der Waals surface area contributed by atoms with E-state index in [1.165, 1.54) is 4.68 Å². The quantitative estimate of drug-likeness (QED) is 0.664. The van der Waals surface area contributed by atoms with E-state index in [0.717, 1.165) is 16.8 Å². The van der Waals surface area contributed by atoms with E-state index in [2.05, 4.69) is 10.4 Å². The Balaban J connectivity index is 1.62. The summed E-state index contributed by atoms with van der Waals surface area (Å²) in [4.78, 5) is 12.4. The van der Waals surface area contributed by atoms with Crippen molar-refractivity contribution in [3.8, 4) is 5.75 Å². The average Bonchev–Trinajstić information content (AvgIpc) is 2.96. The van der Waals surface area contributed by atoms with Crippen molar-refractivity contribution in [1.29, 1.82) is 0 Å². The van der Waals surface area contributed by atoms with Gasteiger partial charge in [-0.2, -0.15) is 0 Å². The lowest BCUT2D eigenvalue weighted by Gasteiger charge is -2.08. The maximum Gasteiger partial charge on any atom is 0.287 e. The van der Waals surface area contributed by atoms with Crippen molar-refractivity contribution in [1.82, 2.24) is 9.78 Å². The molecule has 0 bridgehead atoms. The number of hydrogen-bond donors (Lipinski definition) is 1. The van der Waals surface area contributed by atoms with Gasteiger partial charge in [0.05, 0.1) is 0 Å². The second-order valence-electron chi connectivity index (χ2n) is 5.89. The van der Waals surface area contributed by atoms with Gasteiger partial charge in [-0.3, -0.25) is 4.79 Å². The number of rotatable bonds is 6. The molecule has 0 aliphatic rings. The van der Waals surface area contributed by atoms with Crippen molar-refractivity contribution >= 4 is 23.8 Å². The highest BCUT2D eigenvalue weighted by atomic mass is 32.1. The summed E-state index contributed by atoms with van der Waals surface area (Å²) >= 11 is 5.13. The number of carbonyl (C=O) groups excluding carboxylic acids is 1. The lowest BCUT2D eigenvalue weighted by Crippen LogP contribution is -2.20. The molecule has 1 amide bonds. The Morgan fingerprint density at radius 3 is 2.73 bits per heavy atom. The van der Waals surface area contributed by atoms with Crippen LogP contribution in [-0.2, 0) is 17.9 Å². The first-order valence-electron chi connectivity index (χ1n) is 8.13. The van der Waals surface area contributed by atoms with E-state index in [9.17, 15) is 4.79 Å². The van der Waals surface area contributed by atoms with E-state index in [1.54, 1.807) is 0 Å². The molecule has 0 atom stereocenters. The van der Waals surface area contributed by atoms with Gasteiger partial charge in [-0.25, -0.2) is 4.68 Å². The summed E-state index contributed by atoms with van der Waals surface area (Å²) in [6.07, 6.45) is 0. The molecule has 6 nitrogen and oxygen atoms in total. The lowest BCUT2D eigenvalue weighted by molar-refractivity contribution is -0.117. The molecule has 1 aromatic heterocycles. The predicted molar refractivity (Wildman–Crippen MR) is 101 cm³/mol. The van der Waals surface area contributed by atoms with Gasteiger partial charge in [-0.1, -0.05) is 35.9 Å². The predicted octanol–water partition coefficient (Wildman–Crippen LogP) is 4.04. The molecule has 1 heterocycles. The van der Waals surface area contributed by atoms with Crippen LogP contribution in [0.2, 0.25) is 0 Å². The minimum absolute atomic E-state index is 0.0268. The molecule has 0 aliphatic heterocycles. The highest BCUT2D eigenvalue weighted by Crippen LogP contribution is 2.16. The molecule has 0 saturated heterocycles. The second-order valence-corrected chi connectivity index (χ2v) is 6.24. The van der Waals surface area contributed by atoms with Crippen LogP contribution >= 0.6 is 12.2 Å². The summed E-state index contributed by atoms with van der Waals surface area (Å²) < 4.78 is 12.3. The van der Waals surface area contributed by atoms with Crippen LogP contribution in [-0.4, -0.2) is 15.7 Å². The number of carbonyl (C=O) groups is 1. The SMILES string of the molecule is Cc1ccc(NC(=O)Cn2nc(COc3ccccc3)oc2=S)c(C)c1. The first kappa shape index (κ1) is 17.9. The van der Waals surface area contributed by atoms with Crippen LogP contribution in [0.1, 0.15) is 17.0 Å². The van der Waals surface area contributed by atoms with Crippen molar-refractivity contribution < 1.29 is 13.9 Å². The molecular weight excluding hydrogens is 350 g/mol. The van der Waals surface area contributed by atoms with Crippen LogP contribution in [0.25, 0.3) is 0 Å². The zero-order valence-corrected chi connectivity index (χ0v) is 15.4. The van der Waals surface area contributed by atoms with E-state index < -0.39 is 0 Å². The van der Waals surface area contributed by atoms with Gasteiger partial charge < -0.3 is 14.5 Å². The number of para-hydroxylation sites is 1. The van der Waals surface area contributed by atoms with Gasteiger partial charge in [0.2, 0.25) is 5.91 Å². The molecule has 26 heavy (non-hydrogen) atoms. The van der Waals surface area contributed by atoms with Gasteiger partial charge >= 0.3 is 0 Å². The van der Waals surface area contributed by atoms with Gasteiger partial charge in [-0.15, -0.1) is 5.10 Å². The Morgan fingerprint density at radius 1 is 1.23 bits per heavy atom. The average molecular weight is 369 g/mol. The largest absolute Gasteiger partial charge is 0.484 e. The first-order chi connectivity index (χ1) is 12.5. The zero-order valence-electron chi connectivity index (χ0n) is 14.6. The maximum atomic E-state index is 12.3. The van der Waals surface area contributed by atoms with Crippen molar-refractivity contribution in [3.05, 3.63) is 70.4 Å². The van der Waals surface area contributed by atoms with Crippen LogP contribution in [0.4, 0.5) is 5.69 Å². The minimum Gasteiger partial charge on any atom is -0.484 e. The monoisotopic (exact) mass is 369 g/mol. The molecule has 2 aromatic carbocycles. The number of amides is 1. The zero-order chi connectivity index (χ0) is 18.5. The number of hydrogen-bond acceptors (Lipinski definition) is 5. The van der Waals surface area contributed by atoms with E-state index in [-0.39, 0.29) is 23.9 Å². The molecule has 0 radical (unpaired) electrons. The van der Waals surface area contributed by atoms with E-state index >= 15 is 0 Å². The molecule has 1 N–H and O–H groups in total. The van der Waals surface area contributed by atoms with Crippen molar-refractivity contribution in [2.24, 2.45) is 0 Å². The summed E-state index contributed by atoms with van der Waals surface area (Å²) in [6, 6.07) is 15.2. The smallest absolute Gasteiger partial charge is 0.287 e. The van der Waals surface area contributed by atoms with Crippen molar-refractivity contribution in [3.63, 3.8) is 0 Å². The topological polar surface area (TPSA) is 69.3 Å². The molecule has 134 valence electrons. The van der Waals surface area contributed by atoms with Crippen LogP contribution in [0.3, 0.4) is 0 Å². The maximum absolute atomic E-state index is 12.3. The standard InChI is InChI=1S/C19H19N3O3S/c1-13-8-9-16(14(2)10-13)20-17(23)11-22-19(26)25-18(21-22)12-24-15-6-4-3-5-7-15/h3-10H,11-12H2,1-2H3,(H,20,23). The number of anilines is 1. The molecule has 0 saturated carbocycles. The fourth-order valence-electron chi connectivity index (χ4n) is 2.45. The molecule has 0 spiro atoms. The molecule has 0 aliphatic carbocycles. The third-order valence-corrected chi connectivity index (χ3v) is 4.00. The van der Waals surface area contributed by atoms with Crippen LogP contribution in [0, 0.1) is 18.7 Å². The first-order valence-corrected chi connectivity index (χ1v) is 8.54. The summed E-state index contributed by atoms with van der Waals surface area (Å²) in [5.74, 6) is 0.797. The minimum atomic E-state index is -0.225. The summed E-state index contributed by atoms with van der Waals surface area (Å²) in [5.41, 5.74) is 2.91. The van der Waals surface area contributed by atoms with Crippen molar-refractivity contribution in [2.75, 3.05) is 5.32 Å².